The Morgan fingerprint density at radius 3 is 1.84 bits per heavy atom. The molecule has 9 aromatic carbocycles. The SMILES string of the molecule is c1ccc(-c2nc3cc4oc5cc(-c6ccc(N(c7ccccc7-c7ccccc7)c7cc8ccccc8c8ccccc78)cc6)ccc5c4cc3o2)cc1. The molecule has 4 nitrogen and oxygen atoms in total. The molecule has 258 valence electrons. The fraction of sp³-hybridized carbons (Fsp3) is 0. The number of nitrogens with zero attached hydrogens (tertiary/aromatic N) is 2. The second-order valence-electron chi connectivity index (χ2n) is 13.9. The van der Waals surface area contributed by atoms with Crippen molar-refractivity contribution in [2.24, 2.45) is 0 Å². The summed E-state index contributed by atoms with van der Waals surface area (Å²) in [6.45, 7) is 0. The van der Waals surface area contributed by atoms with Gasteiger partial charge in [0.1, 0.15) is 16.7 Å². The van der Waals surface area contributed by atoms with E-state index in [-0.39, 0.29) is 0 Å². The third-order valence-corrected chi connectivity index (χ3v) is 10.7. The van der Waals surface area contributed by atoms with Crippen molar-refractivity contribution in [3.8, 4) is 33.7 Å². The molecule has 2 heterocycles. The van der Waals surface area contributed by atoms with Crippen molar-refractivity contribution in [3.63, 3.8) is 0 Å². The molecule has 0 saturated heterocycles. The lowest BCUT2D eigenvalue weighted by molar-refractivity contribution is 0.620. The molecule has 0 saturated carbocycles. The number of hydrogen-bond acceptors (Lipinski definition) is 4. The molecule has 2 aromatic heterocycles. The predicted octanol–water partition coefficient (Wildman–Crippen LogP) is 14.5. The van der Waals surface area contributed by atoms with Crippen molar-refractivity contribution in [1.29, 1.82) is 0 Å². The van der Waals surface area contributed by atoms with Gasteiger partial charge in [-0.15, -0.1) is 0 Å². The zero-order valence-electron chi connectivity index (χ0n) is 29.7. The molecule has 4 heteroatoms. The summed E-state index contributed by atoms with van der Waals surface area (Å²) in [4.78, 5) is 7.17. The van der Waals surface area contributed by atoms with E-state index in [0.717, 1.165) is 72.4 Å². The van der Waals surface area contributed by atoms with Crippen molar-refractivity contribution in [2.45, 2.75) is 0 Å². The Kier molecular flexibility index (Phi) is 7.14. The summed E-state index contributed by atoms with van der Waals surface area (Å²) in [5.74, 6) is 0.606. The fourth-order valence-corrected chi connectivity index (χ4v) is 8.04. The Morgan fingerprint density at radius 2 is 1.02 bits per heavy atom. The highest BCUT2D eigenvalue weighted by Crippen LogP contribution is 2.46. The molecule has 0 bridgehead atoms. The van der Waals surface area contributed by atoms with E-state index in [2.05, 4.69) is 157 Å². The van der Waals surface area contributed by atoms with Crippen LogP contribution in [0.1, 0.15) is 0 Å². The first-order valence-corrected chi connectivity index (χ1v) is 18.5. The van der Waals surface area contributed by atoms with Crippen molar-refractivity contribution in [3.05, 3.63) is 194 Å². The van der Waals surface area contributed by atoms with Crippen LogP contribution >= 0.6 is 0 Å². The molecule has 0 aliphatic rings. The number of rotatable bonds is 6. The Labute approximate surface area is 317 Å². The number of aromatic nitrogens is 1. The number of anilines is 3. The maximum Gasteiger partial charge on any atom is 0.227 e. The lowest BCUT2D eigenvalue weighted by Gasteiger charge is -2.29. The average molecular weight is 705 g/mol. The summed E-state index contributed by atoms with van der Waals surface area (Å²) in [5, 5.41) is 6.93. The van der Waals surface area contributed by atoms with Crippen molar-refractivity contribution >= 4 is 71.6 Å². The van der Waals surface area contributed by atoms with E-state index >= 15 is 0 Å². The summed E-state index contributed by atoms with van der Waals surface area (Å²) in [6.07, 6.45) is 0. The third kappa shape index (κ3) is 5.26. The van der Waals surface area contributed by atoms with Gasteiger partial charge in [-0.05, 0) is 87.4 Å². The molecule has 0 N–H and O–H groups in total. The smallest absolute Gasteiger partial charge is 0.227 e. The van der Waals surface area contributed by atoms with Crippen molar-refractivity contribution in [2.75, 3.05) is 4.90 Å². The Bertz CT molecular complexity index is 3200. The third-order valence-electron chi connectivity index (χ3n) is 10.7. The van der Waals surface area contributed by atoms with Crippen LogP contribution in [-0.2, 0) is 0 Å². The van der Waals surface area contributed by atoms with E-state index in [9.17, 15) is 0 Å². The summed E-state index contributed by atoms with van der Waals surface area (Å²) >= 11 is 0. The molecule has 0 unspecified atom stereocenters. The van der Waals surface area contributed by atoms with Crippen LogP contribution in [0.2, 0.25) is 0 Å². The van der Waals surface area contributed by atoms with Crippen LogP contribution in [0.15, 0.2) is 203 Å². The molecule has 0 radical (unpaired) electrons. The lowest BCUT2D eigenvalue weighted by atomic mass is 9.97. The molecule has 0 aliphatic carbocycles. The molecule has 0 atom stereocenters. The molecular formula is C51H32N2O2. The first-order valence-electron chi connectivity index (χ1n) is 18.5. The van der Waals surface area contributed by atoms with Gasteiger partial charge in [-0.3, -0.25) is 0 Å². The van der Waals surface area contributed by atoms with Gasteiger partial charge in [-0.2, -0.15) is 0 Å². The van der Waals surface area contributed by atoms with E-state index < -0.39 is 0 Å². The van der Waals surface area contributed by atoms with E-state index in [4.69, 9.17) is 13.8 Å². The van der Waals surface area contributed by atoms with Crippen LogP contribution in [0.25, 0.3) is 88.3 Å². The predicted molar refractivity (Wildman–Crippen MR) is 227 cm³/mol. The number of furan rings is 1. The molecule has 0 aliphatic heterocycles. The quantitative estimate of drug-likeness (QED) is 0.162. The molecule has 11 rings (SSSR count). The van der Waals surface area contributed by atoms with Gasteiger partial charge in [-0.25, -0.2) is 4.98 Å². The van der Waals surface area contributed by atoms with Crippen LogP contribution < -0.4 is 4.90 Å². The van der Waals surface area contributed by atoms with Crippen LogP contribution in [0.4, 0.5) is 17.1 Å². The van der Waals surface area contributed by atoms with Crippen molar-refractivity contribution in [1.82, 2.24) is 4.98 Å². The summed E-state index contributed by atoms with van der Waals surface area (Å²) < 4.78 is 12.6. The first kappa shape index (κ1) is 31.1. The standard InChI is InChI=1S/C51H32N2O2/c1-3-13-34(14-4-1)40-19-11-12-22-46(40)53(47-29-37-17-7-8-18-39(37)41-20-9-10-21-42(41)47)38-26-23-33(24-27-38)36-25-28-43-44-31-50-45(32-49(44)54-48(43)30-36)52-51(55-50)35-15-5-2-6-16-35/h1-32H. The number of para-hydroxylation sites is 1. The minimum Gasteiger partial charge on any atom is -0.456 e. The number of fused-ring (bicyclic) bond motifs is 7. The zero-order valence-corrected chi connectivity index (χ0v) is 29.7. The highest BCUT2D eigenvalue weighted by molar-refractivity contribution is 6.15. The van der Waals surface area contributed by atoms with Crippen LogP contribution in [0.3, 0.4) is 0 Å². The van der Waals surface area contributed by atoms with Gasteiger partial charge >= 0.3 is 0 Å². The maximum atomic E-state index is 6.46. The highest BCUT2D eigenvalue weighted by Gasteiger charge is 2.21. The van der Waals surface area contributed by atoms with Crippen LogP contribution in [-0.4, -0.2) is 4.98 Å². The minimum atomic E-state index is 0.606. The second-order valence-corrected chi connectivity index (χ2v) is 13.9. The molecule has 11 aromatic rings. The minimum absolute atomic E-state index is 0.606. The van der Waals surface area contributed by atoms with Gasteiger partial charge in [0.05, 0.1) is 11.4 Å². The van der Waals surface area contributed by atoms with E-state index in [0.29, 0.717) is 5.89 Å². The lowest BCUT2D eigenvalue weighted by Crippen LogP contribution is -2.12. The van der Waals surface area contributed by atoms with E-state index in [1.165, 1.54) is 27.1 Å². The number of oxazole rings is 1. The summed E-state index contributed by atoms with van der Waals surface area (Å²) in [5.41, 5.74) is 11.9. The second kappa shape index (κ2) is 12.6. The van der Waals surface area contributed by atoms with Gasteiger partial charge < -0.3 is 13.7 Å². The Hall–Kier alpha value is -7.43. The fourth-order valence-electron chi connectivity index (χ4n) is 8.04. The monoisotopic (exact) mass is 704 g/mol. The molecular weight excluding hydrogens is 673 g/mol. The van der Waals surface area contributed by atoms with Gasteiger partial charge in [0, 0.05) is 39.0 Å². The Balaban J connectivity index is 1.02. The van der Waals surface area contributed by atoms with Crippen LogP contribution in [0, 0.1) is 0 Å². The van der Waals surface area contributed by atoms with E-state index in [1.807, 2.05) is 42.5 Å². The molecule has 0 spiro atoms. The normalized spacial score (nSPS) is 11.6. The Morgan fingerprint density at radius 1 is 0.364 bits per heavy atom. The zero-order chi connectivity index (χ0) is 36.3. The molecule has 0 fully saturated rings. The molecule has 55 heavy (non-hydrogen) atoms. The van der Waals surface area contributed by atoms with Crippen LogP contribution in [0.5, 0.6) is 0 Å². The summed E-state index contributed by atoms with van der Waals surface area (Å²) in [6, 6.07) is 68.4. The highest BCUT2D eigenvalue weighted by atomic mass is 16.4. The van der Waals surface area contributed by atoms with Gasteiger partial charge in [-0.1, -0.05) is 133 Å². The van der Waals surface area contributed by atoms with Gasteiger partial charge in [0.15, 0.2) is 5.58 Å². The summed E-state index contributed by atoms with van der Waals surface area (Å²) in [7, 11) is 0. The topological polar surface area (TPSA) is 42.4 Å². The van der Waals surface area contributed by atoms with Crippen molar-refractivity contribution < 1.29 is 8.83 Å². The average Bonchev–Trinajstić information content (AvgIpc) is 3.84. The number of benzene rings is 9. The first-order chi connectivity index (χ1) is 27.2. The van der Waals surface area contributed by atoms with Gasteiger partial charge in [0.2, 0.25) is 5.89 Å². The van der Waals surface area contributed by atoms with Gasteiger partial charge in [0.25, 0.3) is 0 Å². The maximum absolute atomic E-state index is 6.46. The number of hydrogen-bond donors (Lipinski definition) is 0. The molecule has 0 amide bonds. The largest absolute Gasteiger partial charge is 0.456 e. The van der Waals surface area contributed by atoms with E-state index in [1.54, 1.807) is 0 Å².